The molecule has 0 aliphatic heterocycles. The highest BCUT2D eigenvalue weighted by Gasteiger charge is 2.16. The zero-order valence-electron chi connectivity index (χ0n) is 6.33. The highest BCUT2D eigenvalue weighted by molar-refractivity contribution is 5.81. The van der Waals surface area contributed by atoms with Crippen molar-refractivity contribution in [2.75, 3.05) is 0 Å². The van der Waals surface area contributed by atoms with E-state index in [9.17, 15) is 9.59 Å². The van der Waals surface area contributed by atoms with Crippen molar-refractivity contribution in [1.82, 2.24) is 5.32 Å². The third kappa shape index (κ3) is 4.19. The molecule has 5 heteroatoms. The molecule has 0 radical (unpaired) electrons. The quantitative estimate of drug-likeness (QED) is 0.536. The molecule has 0 aliphatic carbocycles. The molecule has 0 rings (SSSR count). The van der Waals surface area contributed by atoms with Crippen LogP contribution in [0.2, 0.25) is 0 Å². The summed E-state index contributed by atoms with van der Waals surface area (Å²) in [5.74, 6) is -1.05. The Morgan fingerprint density at radius 2 is 2.18 bits per heavy atom. The Balaban J connectivity index is 3.89. The van der Waals surface area contributed by atoms with Crippen molar-refractivity contribution in [2.24, 2.45) is 5.73 Å². The van der Waals surface area contributed by atoms with Crippen LogP contribution in [0.15, 0.2) is 0 Å². The van der Waals surface area contributed by atoms with Crippen LogP contribution in [0.4, 0.5) is 4.79 Å². The Morgan fingerprint density at radius 3 is 2.45 bits per heavy atom. The number of aliphatic carboxylic acids is 1. The minimum atomic E-state index is -1.05. The molecule has 0 aromatic rings. The number of nitrogens with two attached hydrogens (primary N) is 1. The Kier molecular flexibility index (Phi) is 4.02. The monoisotopic (exact) mass is 160 g/mol. The Hall–Kier alpha value is -1.26. The first-order chi connectivity index (χ1) is 5.07. The summed E-state index contributed by atoms with van der Waals surface area (Å²) in [6.45, 7) is 1.83. The van der Waals surface area contributed by atoms with E-state index in [1.54, 1.807) is 0 Å². The summed E-state index contributed by atoms with van der Waals surface area (Å²) in [4.78, 5) is 20.6. The summed E-state index contributed by atoms with van der Waals surface area (Å²) in [5, 5.41) is 10.6. The van der Waals surface area contributed by atoms with Gasteiger partial charge in [0.05, 0.1) is 0 Å². The molecule has 1 atom stereocenters. The highest BCUT2D eigenvalue weighted by atomic mass is 16.4. The number of rotatable bonds is 4. The summed E-state index contributed by atoms with van der Waals surface area (Å²) in [5.41, 5.74) is 4.75. The minimum Gasteiger partial charge on any atom is -0.480 e. The van der Waals surface area contributed by atoms with Crippen LogP contribution in [0.5, 0.6) is 0 Å². The maximum atomic E-state index is 10.4. The Bertz CT molecular complexity index is 158. The number of urea groups is 1. The molecule has 2 amide bonds. The van der Waals surface area contributed by atoms with Crippen molar-refractivity contribution in [2.45, 2.75) is 25.8 Å². The van der Waals surface area contributed by atoms with Crippen LogP contribution in [0.25, 0.3) is 0 Å². The van der Waals surface area contributed by atoms with Crippen LogP contribution >= 0.6 is 0 Å². The fourth-order valence-electron chi connectivity index (χ4n) is 0.718. The first-order valence-electron chi connectivity index (χ1n) is 3.36. The number of primary amides is 1. The molecule has 64 valence electrons. The molecule has 0 bridgehead atoms. The second-order valence-corrected chi connectivity index (χ2v) is 2.19. The lowest BCUT2D eigenvalue weighted by Gasteiger charge is -2.10. The van der Waals surface area contributed by atoms with Crippen LogP contribution in [0.3, 0.4) is 0 Å². The van der Waals surface area contributed by atoms with E-state index in [2.05, 4.69) is 5.32 Å². The molecule has 0 aromatic heterocycles. The maximum absolute atomic E-state index is 10.4. The maximum Gasteiger partial charge on any atom is 0.326 e. The van der Waals surface area contributed by atoms with Gasteiger partial charge in [-0.15, -0.1) is 0 Å². The lowest BCUT2D eigenvalue weighted by molar-refractivity contribution is -0.139. The second-order valence-electron chi connectivity index (χ2n) is 2.19. The number of hydrogen-bond acceptors (Lipinski definition) is 2. The summed E-state index contributed by atoms with van der Waals surface area (Å²) in [6.07, 6.45) is 1.09. The van der Waals surface area contributed by atoms with E-state index < -0.39 is 18.0 Å². The third-order valence-corrected chi connectivity index (χ3v) is 1.19. The fourth-order valence-corrected chi connectivity index (χ4v) is 0.718. The molecule has 4 N–H and O–H groups in total. The van der Waals surface area contributed by atoms with Gasteiger partial charge < -0.3 is 16.2 Å². The average molecular weight is 160 g/mol. The van der Waals surface area contributed by atoms with Crippen LogP contribution in [-0.4, -0.2) is 23.1 Å². The SMILES string of the molecule is CCC[C@H](NC(N)=O)C(=O)O. The van der Waals surface area contributed by atoms with Crippen LogP contribution in [0, 0.1) is 0 Å². The van der Waals surface area contributed by atoms with Crippen LogP contribution < -0.4 is 11.1 Å². The molecule has 0 heterocycles. The highest BCUT2D eigenvalue weighted by Crippen LogP contribution is 1.95. The number of amides is 2. The van der Waals surface area contributed by atoms with Gasteiger partial charge in [0.15, 0.2) is 0 Å². The predicted octanol–water partition coefficient (Wildman–Crippen LogP) is -0.0920. The topological polar surface area (TPSA) is 92.4 Å². The van der Waals surface area contributed by atoms with Gasteiger partial charge in [0, 0.05) is 0 Å². The molecule has 0 fully saturated rings. The molecule has 0 aromatic carbocycles. The van der Waals surface area contributed by atoms with Gasteiger partial charge in [0.1, 0.15) is 6.04 Å². The van der Waals surface area contributed by atoms with Crippen molar-refractivity contribution in [1.29, 1.82) is 0 Å². The van der Waals surface area contributed by atoms with Crippen molar-refractivity contribution < 1.29 is 14.7 Å². The Labute approximate surface area is 64.6 Å². The average Bonchev–Trinajstić information content (AvgIpc) is 1.86. The minimum absolute atomic E-state index is 0.401. The number of carboxylic acids is 1. The molecule has 0 unspecified atom stereocenters. The summed E-state index contributed by atoms with van der Waals surface area (Å²) in [7, 11) is 0. The number of carboxylic acid groups (broad SMARTS) is 1. The number of nitrogens with one attached hydrogen (secondary N) is 1. The standard InChI is InChI=1S/C6H12N2O3/c1-2-3-4(5(9)10)8-6(7)11/h4H,2-3H2,1H3,(H,9,10)(H3,7,8,11)/t4-/m0/s1. The van der Waals surface area contributed by atoms with E-state index in [4.69, 9.17) is 10.8 Å². The first-order valence-corrected chi connectivity index (χ1v) is 3.36. The fraction of sp³-hybridized carbons (Fsp3) is 0.667. The van der Waals surface area contributed by atoms with Gasteiger partial charge in [0.25, 0.3) is 0 Å². The van der Waals surface area contributed by atoms with Gasteiger partial charge in [0.2, 0.25) is 0 Å². The van der Waals surface area contributed by atoms with Crippen molar-refractivity contribution >= 4 is 12.0 Å². The van der Waals surface area contributed by atoms with Gasteiger partial charge in [-0.1, -0.05) is 13.3 Å². The summed E-state index contributed by atoms with van der Waals surface area (Å²) in [6, 6.07) is -1.65. The van der Waals surface area contributed by atoms with E-state index >= 15 is 0 Å². The molecule has 0 saturated carbocycles. The summed E-state index contributed by atoms with van der Waals surface area (Å²) >= 11 is 0. The molecule has 0 aliphatic rings. The van der Waals surface area contributed by atoms with Gasteiger partial charge in [-0.3, -0.25) is 0 Å². The Morgan fingerprint density at radius 1 is 1.64 bits per heavy atom. The number of carbonyl (C=O) groups is 2. The lowest BCUT2D eigenvalue weighted by Crippen LogP contribution is -2.43. The summed E-state index contributed by atoms with van der Waals surface area (Å²) < 4.78 is 0. The van der Waals surface area contributed by atoms with Gasteiger partial charge in [-0.05, 0) is 6.42 Å². The predicted molar refractivity (Wildman–Crippen MR) is 39.1 cm³/mol. The zero-order valence-corrected chi connectivity index (χ0v) is 6.33. The largest absolute Gasteiger partial charge is 0.480 e. The second kappa shape index (κ2) is 4.54. The van der Waals surface area contributed by atoms with Crippen molar-refractivity contribution in [3.05, 3.63) is 0 Å². The van der Waals surface area contributed by atoms with E-state index in [1.807, 2.05) is 6.92 Å². The van der Waals surface area contributed by atoms with Gasteiger partial charge in [-0.25, -0.2) is 9.59 Å². The lowest BCUT2D eigenvalue weighted by atomic mass is 10.2. The third-order valence-electron chi connectivity index (χ3n) is 1.19. The van der Waals surface area contributed by atoms with E-state index in [0.717, 1.165) is 0 Å². The zero-order chi connectivity index (χ0) is 8.85. The van der Waals surface area contributed by atoms with Crippen LogP contribution in [-0.2, 0) is 4.79 Å². The van der Waals surface area contributed by atoms with E-state index in [0.29, 0.717) is 12.8 Å². The van der Waals surface area contributed by atoms with Crippen molar-refractivity contribution in [3.8, 4) is 0 Å². The molecule has 5 nitrogen and oxygen atoms in total. The smallest absolute Gasteiger partial charge is 0.326 e. The van der Waals surface area contributed by atoms with Crippen LogP contribution in [0.1, 0.15) is 19.8 Å². The number of carbonyl (C=O) groups excluding carboxylic acids is 1. The van der Waals surface area contributed by atoms with E-state index in [-0.39, 0.29) is 0 Å². The first kappa shape index (κ1) is 9.74. The molecule has 11 heavy (non-hydrogen) atoms. The van der Waals surface area contributed by atoms with Gasteiger partial charge in [-0.2, -0.15) is 0 Å². The number of hydrogen-bond donors (Lipinski definition) is 3. The van der Waals surface area contributed by atoms with E-state index in [1.165, 1.54) is 0 Å². The molecular formula is C6H12N2O3. The molecule has 0 spiro atoms. The van der Waals surface area contributed by atoms with Crippen molar-refractivity contribution in [3.63, 3.8) is 0 Å². The molecular weight excluding hydrogens is 148 g/mol. The normalized spacial score (nSPS) is 12.1. The molecule has 0 saturated heterocycles. The van der Waals surface area contributed by atoms with Gasteiger partial charge >= 0.3 is 12.0 Å².